The maximum Gasteiger partial charge on any atom is 0.261 e. The average Bonchev–Trinajstić information content (AvgIpc) is 3.04. The van der Waals surface area contributed by atoms with Crippen molar-refractivity contribution in [1.29, 1.82) is 0 Å². The first kappa shape index (κ1) is 14.2. The molecule has 0 spiro atoms. The van der Waals surface area contributed by atoms with Crippen LogP contribution in [0.3, 0.4) is 0 Å². The molecule has 6 heteroatoms. The molecule has 1 N–H and O–H groups in total. The average molecular weight is 311 g/mol. The molecule has 1 aromatic carbocycles. The Morgan fingerprint density at radius 1 is 1.14 bits per heavy atom. The Balaban J connectivity index is 1.79. The van der Waals surface area contributed by atoms with E-state index in [2.05, 4.69) is 15.3 Å². The molecule has 3 rings (SSSR count). The number of carbonyl (C=O) groups is 1. The zero-order chi connectivity index (χ0) is 15.4. The number of thiazole rings is 1. The van der Waals surface area contributed by atoms with Gasteiger partial charge in [-0.3, -0.25) is 15.1 Å². The number of aromatic nitrogens is 2. The summed E-state index contributed by atoms with van der Waals surface area (Å²) in [7, 11) is 1.54. The summed E-state index contributed by atoms with van der Waals surface area (Å²) in [5.41, 5.74) is 1.30. The lowest BCUT2D eigenvalue weighted by atomic mass is 10.2. The number of hydrogen-bond donors (Lipinski definition) is 1. The van der Waals surface area contributed by atoms with Crippen molar-refractivity contribution in [2.45, 2.75) is 0 Å². The molecule has 0 saturated carbocycles. The Morgan fingerprint density at radius 2 is 1.95 bits per heavy atom. The molecule has 0 aliphatic carbocycles. The molecule has 0 aliphatic rings. The van der Waals surface area contributed by atoms with Gasteiger partial charge in [-0.2, -0.15) is 0 Å². The Bertz CT molecular complexity index is 787. The maximum atomic E-state index is 12.3. The van der Waals surface area contributed by atoms with Gasteiger partial charge >= 0.3 is 0 Å². The quantitative estimate of drug-likeness (QED) is 0.801. The summed E-state index contributed by atoms with van der Waals surface area (Å²) in [6, 6.07) is 12.7. The lowest BCUT2D eigenvalue weighted by molar-refractivity contribution is 0.102. The van der Waals surface area contributed by atoms with E-state index in [9.17, 15) is 4.79 Å². The van der Waals surface area contributed by atoms with E-state index in [1.165, 1.54) is 18.4 Å². The van der Waals surface area contributed by atoms with E-state index >= 15 is 0 Å². The minimum absolute atomic E-state index is 0.251. The van der Waals surface area contributed by atoms with E-state index in [0.29, 0.717) is 16.4 Å². The summed E-state index contributed by atoms with van der Waals surface area (Å²) in [4.78, 5) is 21.7. The van der Waals surface area contributed by atoms with Crippen molar-refractivity contribution in [2.75, 3.05) is 12.4 Å². The van der Waals surface area contributed by atoms with Crippen molar-refractivity contribution in [3.63, 3.8) is 0 Å². The summed E-state index contributed by atoms with van der Waals surface area (Å²) < 4.78 is 5.19. The summed E-state index contributed by atoms with van der Waals surface area (Å²) >= 11 is 1.38. The number of amides is 1. The molecule has 3 aromatic rings. The minimum atomic E-state index is -0.251. The highest BCUT2D eigenvalue weighted by molar-refractivity contribution is 7.19. The number of anilines is 1. The van der Waals surface area contributed by atoms with Crippen molar-refractivity contribution >= 4 is 22.4 Å². The first-order valence-corrected chi connectivity index (χ1v) is 7.41. The molecular formula is C16H13N3O2S. The number of carbonyl (C=O) groups excluding carboxylic acids is 1. The first-order chi connectivity index (χ1) is 10.8. The smallest absolute Gasteiger partial charge is 0.261 e. The second-order valence-corrected chi connectivity index (χ2v) is 5.43. The van der Waals surface area contributed by atoms with Crippen molar-refractivity contribution in [3.05, 3.63) is 60.4 Å². The van der Waals surface area contributed by atoms with Gasteiger partial charge in [0.05, 0.1) is 23.2 Å². The summed E-state index contributed by atoms with van der Waals surface area (Å²) in [6.45, 7) is 0. The Hall–Kier alpha value is -2.73. The van der Waals surface area contributed by atoms with Gasteiger partial charge in [0.15, 0.2) is 5.13 Å². The van der Waals surface area contributed by atoms with Crippen LogP contribution in [0, 0.1) is 0 Å². The minimum Gasteiger partial charge on any atom is -0.496 e. The summed E-state index contributed by atoms with van der Waals surface area (Å²) in [5, 5.41) is 3.31. The van der Waals surface area contributed by atoms with Gasteiger partial charge in [0.25, 0.3) is 5.91 Å². The molecule has 0 saturated heterocycles. The molecular weight excluding hydrogens is 298 g/mol. The third kappa shape index (κ3) is 2.96. The van der Waals surface area contributed by atoms with Gasteiger partial charge < -0.3 is 4.74 Å². The van der Waals surface area contributed by atoms with Gasteiger partial charge in [0.1, 0.15) is 5.75 Å². The highest BCUT2D eigenvalue weighted by Gasteiger charge is 2.14. The van der Waals surface area contributed by atoms with Gasteiger partial charge in [-0.25, -0.2) is 4.98 Å². The molecule has 0 radical (unpaired) electrons. The largest absolute Gasteiger partial charge is 0.496 e. The fourth-order valence-electron chi connectivity index (χ4n) is 1.96. The Labute approximate surface area is 131 Å². The molecule has 0 fully saturated rings. The van der Waals surface area contributed by atoms with E-state index < -0.39 is 0 Å². The molecule has 0 bridgehead atoms. The lowest BCUT2D eigenvalue weighted by Gasteiger charge is -2.06. The topological polar surface area (TPSA) is 64.1 Å². The SMILES string of the molecule is COc1ccccc1C(=O)Nc1ncc(-c2ccccn2)s1. The van der Waals surface area contributed by atoms with Crippen LogP contribution in [0.1, 0.15) is 10.4 Å². The van der Waals surface area contributed by atoms with Gasteiger partial charge in [0, 0.05) is 12.4 Å². The van der Waals surface area contributed by atoms with Gasteiger partial charge in [0.2, 0.25) is 0 Å². The number of ether oxygens (including phenoxy) is 1. The van der Waals surface area contributed by atoms with E-state index in [1.807, 2.05) is 24.3 Å². The molecule has 0 atom stereocenters. The molecule has 1 amide bonds. The third-order valence-corrected chi connectivity index (χ3v) is 3.93. The number of methoxy groups -OCH3 is 1. The number of hydrogen-bond acceptors (Lipinski definition) is 5. The predicted molar refractivity (Wildman–Crippen MR) is 86.3 cm³/mol. The van der Waals surface area contributed by atoms with Crippen molar-refractivity contribution in [1.82, 2.24) is 9.97 Å². The molecule has 2 aromatic heterocycles. The molecule has 5 nitrogen and oxygen atoms in total. The standard InChI is InChI=1S/C16H13N3O2S/c1-21-13-8-3-2-6-11(13)15(20)19-16-18-10-14(22-16)12-7-4-5-9-17-12/h2-10H,1H3,(H,18,19,20). The van der Waals surface area contributed by atoms with E-state index in [4.69, 9.17) is 4.74 Å². The van der Waals surface area contributed by atoms with Gasteiger partial charge in [-0.15, -0.1) is 0 Å². The zero-order valence-corrected chi connectivity index (χ0v) is 12.6. The van der Waals surface area contributed by atoms with E-state index in [-0.39, 0.29) is 5.91 Å². The number of benzene rings is 1. The molecule has 0 unspecified atom stereocenters. The van der Waals surface area contributed by atoms with E-state index in [1.54, 1.807) is 30.6 Å². The van der Waals surface area contributed by atoms with Crippen LogP contribution in [0.5, 0.6) is 5.75 Å². The normalized spacial score (nSPS) is 10.2. The predicted octanol–water partition coefficient (Wildman–Crippen LogP) is 3.47. The first-order valence-electron chi connectivity index (χ1n) is 6.59. The summed E-state index contributed by atoms with van der Waals surface area (Å²) in [5.74, 6) is 0.279. The van der Waals surface area contributed by atoms with Crippen molar-refractivity contribution in [3.8, 4) is 16.3 Å². The molecule has 0 aliphatic heterocycles. The monoisotopic (exact) mass is 311 g/mol. The molecule has 22 heavy (non-hydrogen) atoms. The van der Waals surface area contributed by atoms with Gasteiger partial charge in [-0.05, 0) is 24.3 Å². The molecule has 110 valence electrons. The highest BCUT2D eigenvalue weighted by Crippen LogP contribution is 2.28. The van der Waals surface area contributed by atoms with Gasteiger partial charge in [-0.1, -0.05) is 29.5 Å². The number of nitrogens with zero attached hydrogens (tertiary/aromatic N) is 2. The number of nitrogens with one attached hydrogen (secondary N) is 1. The van der Waals surface area contributed by atoms with Crippen LogP contribution >= 0.6 is 11.3 Å². The molecule has 2 heterocycles. The van der Waals surface area contributed by atoms with Crippen LogP contribution in [0.15, 0.2) is 54.9 Å². The van der Waals surface area contributed by atoms with Crippen LogP contribution in [-0.2, 0) is 0 Å². The number of pyridine rings is 1. The van der Waals surface area contributed by atoms with Crippen LogP contribution < -0.4 is 10.1 Å². The summed E-state index contributed by atoms with van der Waals surface area (Å²) in [6.07, 6.45) is 3.42. The van der Waals surface area contributed by atoms with Crippen LogP contribution in [0.4, 0.5) is 5.13 Å². The van der Waals surface area contributed by atoms with E-state index in [0.717, 1.165) is 10.6 Å². The lowest BCUT2D eigenvalue weighted by Crippen LogP contribution is -2.12. The number of para-hydroxylation sites is 1. The Kier molecular flexibility index (Phi) is 4.11. The fourth-order valence-corrected chi connectivity index (χ4v) is 2.74. The van der Waals surface area contributed by atoms with Crippen LogP contribution in [0.25, 0.3) is 10.6 Å². The second-order valence-electron chi connectivity index (χ2n) is 4.40. The zero-order valence-electron chi connectivity index (χ0n) is 11.8. The fraction of sp³-hybridized carbons (Fsp3) is 0.0625. The second kappa shape index (κ2) is 6.36. The Morgan fingerprint density at radius 3 is 2.73 bits per heavy atom. The number of rotatable bonds is 4. The maximum absolute atomic E-state index is 12.3. The highest BCUT2D eigenvalue weighted by atomic mass is 32.1. The third-order valence-electron chi connectivity index (χ3n) is 3.00. The van der Waals surface area contributed by atoms with Crippen LogP contribution in [-0.4, -0.2) is 23.0 Å². The van der Waals surface area contributed by atoms with Crippen LogP contribution in [0.2, 0.25) is 0 Å². The van der Waals surface area contributed by atoms with Crippen molar-refractivity contribution < 1.29 is 9.53 Å². The van der Waals surface area contributed by atoms with Crippen molar-refractivity contribution in [2.24, 2.45) is 0 Å².